The molecule has 2 aliphatic heterocycles. The molecule has 0 radical (unpaired) electrons. The number of benzene rings is 1. The SMILES string of the molecule is CC1=C[C@H](N2[C@@H]3CCC[C@H]2CC(n2c(=O)c(P(=O)(O)O)nc4ccccc42)C3)CC2CC1C2. The fourth-order valence-electron chi connectivity index (χ4n) is 7.19. The van der Waals surface area contributed by atoms with Crippen molar-refractivity contribution in [3.63, 3.8) is 0 Å². The van der Waals surface area contributed by atoms with E-state index in [0.29, 0.717) is 29.2 Å². The summed E-state index contributed by atoms with van der Waals surface area (Å²) in [4.78, 5) is 39.8. The molecule has 1 saturated carbocycles. The number of para-hydroxylation sites is 2. The molecule has 2 aromatic rings. The third kappa shape index (κ3) is 3.65. The Morgan fingerprint density at radius 3 is 2.39 bits per heavy atom. The molecule has 3 aliphatic carbocycles. The minimum atomic E-state index is -4.77. The van der Waals surface area contributed by atoms with Gasteiger partial charge in [0.2, 0.25) is 5.44 Å². The zero-order valence-corrected chi connectivity index (χ0v) is 19.9. The van der Waals surface area contributed by atoms with E-state index in [-0.39, 0.29) is 6.04 Å². The summed E-state index contributed by atoms with van der Waals surface area (Å²) in [5, 5.41) is 0. The van der Waals surface area contributed by atoms with Crippen LogP contribution in [0.15, 0.2) is 40.7 Å². The van der Waals surface area contributed by atoms with Gasteiger partial charge in [0.05, 0.1) is 11.0 Å². The van der Waals surface area contributed by atoms with Crippen LogP contribution in [0.1, 0.15) is 64.3 Å². The molecule has 2 N–H and O–H groups in total. The second-order valence-electron chi connectivity index (χ2n) is 10.7. The Kier molecular flexibility index (Phi) is 5.18. The van der Waals surface area contributed by atoms with Crippen LogP contribution in [-0.4, -0.2) is 42.4 Å². The Bertz CT molecular complexity index is 1210. The molecule has 7 rings (SSSR count). The lowest BCUT2D eigenvalue weighted by Crippen LogP contribution is -2.57. The number of allylic oxidation sites excluding steroid dienone is 1. The average Bonchev–Trinajstić information content (AvgIpc) is 2.99. The summed E-state index contributed by atoms with van der Waals surface area (Å²) >= 11 is 0. The van der Waals surface area contributed by atoms with E-state index in [2.05, 4.69) is 22.9 Å². The van der Waals surface area contributed by atoms with Crippen LogP contribution in [0.3, 0.4) is 0 Å². The number of fused-ring (bicyclic) bond motifs is 6. The Labute approximate surface area is 193 Å². The topological polar surface area (TPSA) is 95.7 Å². The molecule has 3 heterocycles. The lowest BCUT2D eigenvalue weighted by atomic mass is 9.71. The van der Waals surface area contributed by atoms with Crippen LogP contribution >= 0.6 is 7.60 Å². The maximum atomic E-state index is 13.4. The quantitative estimate of drug-likeness (QED) is 0.528. The van der Waals surface area contributed by atoms with Gasteiger partial charge in [-0.2, -0.15) is 0 Å². The maximum Gasteiger partial charge on any atom is 0.380 e. The molecule has 176 valence electrons. The number of hydrogen-bond acceptors (Lipinski definition) is 4. The Morgan fingerprint density at radius 1 is 1.00 bits per heavy atom. The highest BCUT2D eigenvalue weighted by atomic mass is 31.2. The third-order valence-corrected chi connectivity index (χ3v) is 9.56. The first-order valence-electron chi connectivity index (χ1n) is 12.3. The van der Waals surface area contributed by atoms with E-state index >= 15 is 0 Å². The number of rotatable bonds is 3. The van der Waals surface area contributed by atoms with E-state index in [1.807, 2.05) is 12.1 Å². The zero-order valence-electron chi connectivity index (χ0n) is 19.0. The standard InChI is InChI=1S/C25H32N3O4P/c1-15-9-20(12-16-10-17(15)11-16)27-18-5-4-6-19(27)14-21(13-18)28-23-8-3-2-7-22(23)26-24(25(28)29)33(30,31)32/h2-3,7-9,16-21H,4-6,10-14H2,1H3,(H2,30,31,32)/t16?,17?,18-,19+,20-,21?/m0/s1. The van der Waals surface area contributed by atoms with Crippen molar-refractivity contribution in [2.24, 2.45) is 11.8 Å². The van der Waals surface area contributed by atoms with Crippen molar-refractivity contribution in [1.82, 2.24) is 14.5 Å². The third-order valence-electron chi connectivity index (χ3n) is 8.72. The highest BCUT2D eigenvalue weighted by molar-refractivity contribution is 7.59. The van der Waals surface area contributed by atoms with Gasteiger partial charge in [-0.25, -0.2) is 4.98 Å². The Morgan fingerprint density at radius 2 is 1.70 bits per heavy atom. The largest absolute Gasteiger partial charge is 0.380 e. The second kappa shape index (κ2) is 7.88. The van der Waals surface area contributed by atoms with E-state index < -0.39 is 18.6 Å². The van der Waals surface area contributed by atoms with Crippen LogP contribution in [0.2, 0.25) is 0 Å². The molecule has 4 atom stereocenters. The Hall–Kier alpha value is -1.79. The average molecular weight is 470 g/mol. The zero-order chi connectivity index (χ0) is 22.9. The molecule has 8 heteroatoms. The van der Waals surface area contributed by atoms with E-state index in [4.69, 9.17) is 0 Å². The highest BCUT2D eigenvalue weighted by Crippen LogP contribution is 2.48. The molecule has 0 amide bonds. The van der Waals surface area contributed by atoms with Gasteiger partial charge < -0.3 is 14.4 Å². The number of piperidine rings is 2. The van der Waals surface area contributed by atoms with E-state index in [1.165, 1.54) is 25.7 Å². The van der Waals surface area contributed by atoms with Gasteiger partial charge in [-0.1, -0.05) is 30.2 Å². The van der Waals surface area contributed by atoms with Gasteiger partial charge in [-0.05, 0) is 75.8 Å². The highest BCUT2D eigenvalue weighted by Gasteiger charge is 2.45. The summed E-state index contributed by atoms with van der Waals surface area (Å²) in [6, 6.07) is 8.41. The fourth-order valence-corrected chi connectivity index (χ4v) is 7.79. The molecular formula is C25H32N3O4P. The van der Waals surface area contributed by atoms with Crippen LogP contribution in [0.25, 0.3) is 11.0 Å². The lowest BCUT2D eigenvalue weighted by Gasteiger charge is -2.52. The van der Waals surface area contributed by atoms with Gasteiger partial charge in [-0.3, -0.25) is 14.3 Å². The number of aromatic nitrogens is 2. The lowest BCUT2D eigenvalue weighted by molar-refractivity contribution is -0.0121. The van der Waals surface area contributed by atoms with Gasteiger partial charge in [0.25, 0.3) is 5.56 Å². The van der Waals surface area contributed by atoms with Gasteiger partial charge in [0, 0.05) is 24.2 Å². The van der Waals surface area contributed by atoms with Gasteiger partial charge >= 0.3 is 7.60 Å². The predicted molar refractivity (Wildman–Crippen MR) is 128 cm³/mol. The minimum absolute atomic E-state index is 0.0771. The first-order chi connectivity index (χ1) is 15.8. The van der Waals surface area contributed by atoms with Crippen LogP contribution < -0.4 is 11.0 Å². The predicted octanol–water partition coefficient (Wildman–Crippen LogP) is 3.50. The van der Waals surface area contributed by atoms with Crippen LogP contribution in [0.4, 0.5) is 0 Å². The fraction of sp³-hybridized carbons (Fsp3) is 0.600. The van der Waals surface area contributed by atoms with Crippen LogP contribution in [0, 0.1) is 11.8 Å². The van der Waals surface area contributed by atoms with Crippen molar-refractivity contribution in [1.29, 1.82) is 0 Å². The molecule has 4 bridgehead atoms. The van der Waals surface area contributed by atoms with Gasteiger partial charge in [0.1, 0.15) is 0 Å². The molecule has 33 heavy (non-hydrogen) atoms. The normalized spacial score (nSPS) is 34.5. The van der Waals surface area contributed by atoms with Crippen molar-refractivity contribution >= 4 is 24.1 Å². The summed E-state index contributed by atoms with van der Waals surface area (Å²) in [6.07, 6.45) is 11.6. The molecule has 1 aromatic carbocycles. The molecule has 7 nitrogen and oxygen atoms in total. The molecule has 5 aliphatic rings. The Balaban J connectivity index is 1.39. The number of nitrogens with zero attached hydrogens (tertiary/aromatic N) is 3. The minimum Gasteiger partial charge on any atom is -0.320 e. The monoisotopic (exact) mass is 469 g/mol. The molecule has 0 spiro atoms. The smallest absolute Gasteiger partial charge is 0.320 e. The number of hydrogen-bond donors (Lipinski definition) is 2. The first-order valence-corrected chi connectivity index (χ1v) is 13.9. The van der Waals surface area contributed by atoms with Gasteiger partial charge in [0.15, 0.2) is 0 Å². The van der Waals surface area contributed by atoms with E-state index in [9.17, 15) is 19.1 Å². The van der Waals surface area contributed by atoms with Crippen LogP contribution in [-0.2, 0) is 4.57 Å². The molecule has 1 aromatic heterocycles. The summed E-state index contributed by atoms with van der Waals surface area (Å²) in [5.74, 6) is 1.62. The van der Waals surface area contributed by atoms with Gasteiger partial charge in [-0.15, -0.1) is 0 Å². The van der Waals surface area contributed by atoms with Crippen molar-refractivity contribution in [3.8, 4) is 0 Å². The summed E-state index contributed by atoms with van der Waals surface area (Å²) in [5.41, 5.74) is 1.42. The summed E-state index contributed by atoms with van der Waals surface area (Å²) in [7, 11) is -4.77. The molecule has 3 fully saturated rings. The van der Waals surface area contributed by atoms with Crippen molar-refractivity contribution in [3.05, 3.63) is 46.3 Å². The van der Waals surface area contributed by atoms with Crippen molar-refractivity contribution in [2.75, 3.05) is 0 Å². The molecule has 2 saturated heterocycles. The van der Waals surface area contributed by atoms with E-state index in [0.717, 1.165) is 37.5 Å². The molecule has 1 unspecified atom stereocenters. The summed E-state index contributed by atoms with van der Waals surface area (Å²) < 4.78 is 13.7. The first kappa shape index (κ1) is 21.7. The van der Waals surface area contributed by atoms with E-state index in [1.54, 1.807) is 22.3 Å². The van der Waals surface area contributed by atoms with Crippen molar-refractivity contribution in [2.45, 2.75) is 82.5 Å². The maximum absolute atomic E-state index is 13.4. The summed E-state index contributed by atoms with van der Waals surface area (Å²) in [6.45, 7) is 2.30. The molecular weight excluding hydrogens is 437 g/mol. The van der Waals surface area contributed by atoms with Crippen LogP contribution in [0.5, 0.6) is 0 Å². The van der Waals surface area contributed by atoms with Crippen molar-refractivity contribution < 1.29 is 14.4 Å². The second-order valence-corrected chi connectivity index (χ2v) is 12.2.